The van der Waals surface area contributed by atoms with Crippen LogP contribution in [0.15, 0.2) is 66.7 Å². The number of nitrogens with one attached hydrogen (secondary N) is 1. The van der Waals surface area contributed by atoms with E-state index in [2.05, 4.69) is 25.2 Å². The van der Waals surface area contributed by atoms with Crippen LogP contribution in [-0.4, -0.2) is 12.5 Å². The molecule has 0 aromatic heterocycles. The third-order valence-corrected chi connectivity index (χ3v) is 4.83. The molecule has 3 rings (SSSR count). The molecular formula is C25H24N2O2. The summed E-state index contributed by atoms with van der Waals surface area (Å²) in [4.78, 5) is 12.4. The Morgan fingerprint density at radius 2 is 1.45 bits per heavy atom. The highest BCUT2D eigenvalue weighted by atomic mass is 16.5. The zero-order valence-electron chi connectivity index (χ0n) is 16.7. The molecule has 0 radical (unpaired) electrons. The number of carbonyl (C=O) groups excluding carboxylic acids is 1. The lowest BCUT2D eigenvalue weighted by atomic mass is 10.0. The molecule has 0 aliphatic heterocycles. The summed E-state index contributed by atoms with van der Waals surface area (Å²) >= 11 is 0. The summed E-state index contributed by atoms with van der Waals surface area (Å²) in [7, 11) is 0. The first-order chi connectivity index (χ1) is 14.1. The van der Waals surface area contributed by atoms with E-state index in [0.717, 1.165) is 40.8 Å². The first-order valence-electron chi connectivity index (χ1n) is 9.78. The maximum absolute atomic E-state index is 12.4. The van der Waals surface area contributed by atoms with Crippen molar-refractivity contribution in [3.63, 3.8) is 0 Å². The molecule has 3 aromatic carbocycles. The first kappa shape index (κ1) is 20.2. The number of para-hydroxylation sites is 1. The normalized spacial score (nSPS) is 10.2. The summed E-state index contributed by atoms with van der Waals surface area (Å²) in [5.41, 5.74) is 5.85. The zero-order valence-corrected chi connectivity index (χ0v) is 16.7. The molecule has 1 amide bonds. The predicted molar refractivity (Wildman–Crippen MR) is 116 cm³/mol. The van der Waals surface area contributed by atoms with Crippen LogP contribution in [0.25, 0.3) is 11.1 Å². The molecule has 0 atom stereocenters. The van der Waals surface area contributed by atoms with Crippen molar-refractivity contribution in [2.75, 3.05) is 11.9 Å². The Kier molecular flexibility index (Phi) is 6.65. The average molecular weight is 384 g/mol. The van der Waals surface area contributed by atoms with Crippen LogP contribution >= 0.6 is 0 Å². The van der Waals surface area contributed by atoms with Crippen LogP contribution in [0.4, 0.5) is 5.69 Å². The van der Waals surface area contributed by atoms with Crippen molar-refractivity contribution in [3.05, 3.63) is 83.4 Å². The molecule has 4 nitrogen and oxygen atoms in total. The molecule has 0 fully saturated rings. The van der Waals surface area contributed by atoms with E-state index < -0.39 is 0 Å². The Labute approximate surface area is 171 Å². The van der Waals surface area contributed by atoms with E-state index in [1.807, 2.05) is 54.6 Å². The molecule has 0 saturated heterocycles. The number of carbonyl (C=O) groups is 1. The Hall–Kier alpha value is -3.58. The van der Waals surface area contributed by atoms with E-state index >= 15 is 0 Å². The number of aryl methyl sites for hydroxylation is 2. The van der Waals surface area contributed by atoms with Gasteiger partial charge >= 0.3 is 0 Å². The number of benzene rings is 3. The van der Waals surface area contributed by atoms with E-state index in [-0.39, 0.29) is 12.5 Å². The number of ether oxygens (including phenoxy) is 1. The molecule has 0 aliphatic carbocycles. The van der Waals surface area contributed by atoms with Gasteiger partial charge in [0.05, 0.1) is 11.6 Å². The van der Waals surface area contributed by atoms with Crippen LogP contribution < -0.4 is 10.1 Å². The van der Waals surface area contributed by atoms with Gasteiger partial charge in [-0.1, -0.05) is 56.3 Å². The zero-order chi connectivity index (χ0) is 20.6. The van der Waals surface area contributed by atoms with E-state index in [1.54, 1.807) is 12.1 Å². The second-order valence-corrected chi connectivity index (χ2v) is 6.71. The minimum Gasteiger partial charge on any atom is -0.484 e. The Morgan fingerprint density at radius 1 is 0.897 bits per heavy atom. The highest BCUT2D eigenvalue weighted by molar-refractivity contribution is 5.93. The Morgan fingerprint density at radius 3 is 1.97 bits per heavy atom. The SMILES string of the molecule is CCc1cccc(CC)c1NC(=O)COc1ccc(-c2ccc(C#N)cc2)cc1. The Bertz CT molecular complexity index is 994. The largest absolute Gasteiger partial charge is 0.484 e. The molecule has 1 N–H and O–H groups in total. The Balaban J connectivity index is 1.62. The van der Waals surface area contributed by atoms with E-state index in [1.165, 1.54) is 0 Å². The minimum atomic E-state index is -0.170. The molecule has 0 spiro atoms. The average Bonchev–Trinajstić information content (AvgIpc) is 2.78. The van der Waals surface area contributed by atoms with Gasteiger partial charge in [0.2, 0.25) is 0 Å². The van der Waals surface area contributed by atoms with Gasteiger partial charge < -0.3 is 10.1 Å². The van der Waals surface area contributed by atoms with Crippen LogP contribution in [0.2, 0.25) is 0 Å². The third kappa shape index (κ3) is 5.03. The number of hydrogen-bond acceptors (Lipinski definition) is 3. The lowest BCUT2D eigenvalue weighted by Gasteiger charge is -2.15. The van der Waals surface area contributed by atoms with E-state index in [4.69, 9.17) is 10.00 Å². The van der Waals surface area contributed by atoms with Crippen LogP contribution in [0.1, 0.15) is 30.5 Å². The molecule has 146 valence electrons. The van der Waals surface area contributed by atoms with Gasteiger partial charge in [0.1, 0.15) is 5.75 Å². The van der Waals surface area contributed by atoms with Crippen molar-refractivity contribution in [2.24, 2.45) is 0 Å². The van der Waals surface area contributed by atoms with Gasteiger partial charge in [0.25, 0.3) is 5.91 Å². The lowest BCUT2D eigenvalue weighted by molar-refractivity contribution is -0.118. The molecule has 4 heteroatoms. The first-order valence-corrected chi connectivity index (χ1v) is 9.78. The molecule has 3 aromatic rings. The van der Waals surface area contributed by atoms with Crippen molar-refractivity contribution in [2.45, 2.75) is 26.7 Å². The summed E-state index contributed by atoms with van der Waals surface area (Å²) in [5.74, 6) is 0.466. The van der Waals surface area contributed by atoms with Crippen molar-refractivity contribution in [3.8, 4) is 22.9 Å². The topological polar surface area (TPSA) is 62.1 Å². The van der Waals surface area contributed by atoms with Gasteiger partial charge in [-0.15, -0.1) is 0 Å². The van der Waals surface area contributed by atoms with Crippen molar-refractivity contribution >= 4 is 11.6 Å². The van der Waals surface area contributed by atoms with Crippen LogP contribution in [0.5, 0.6) is 5.75 Å². The fraction of sp³-hybridized carbons (Fsp3) is 0.200. The maximum atomic E-state index is 12.4. The van der Waals surface area contributed by atoms with Crippen molar-refractivity contribution in [1.82, 2.24) is 0 Å². The maximum Gasteiger partial charge on any atom is 0.262 e. The van der Waals surface area contributed by atoms with Gasteiger partial charge in [-0.3, -0.25) is 4.79 Å². The van der Waals surface area contributed by atoms with Gasteiger partial charge in [-0.25, -0.2) is 0 Å². The molecular weight excluding hydrogens is 360 g/mol. The van der Waals surface area contributed by atoms with Gasteiger partial charge in [-0.05, 0) is 59.4 Å². The molecule has 0 saturated carbocycles. The van der Waals surface area contributed by atoms with Gasteiger partial charge in [0, 0.05) is 5.69 Å². The fourth-order valence-electron chi connectivity index (χ4n) is 3.21. The summed E-state index contributed by atoms with van der Waals surface area (Å²) in [6, 6.07) is 23.2. The van der Waals surface area contributed by atoms with Crippen LogP contribution in [-0.2, 0) is 17.6 Å². The number of anilines is 1. The predicted octanol–water partition coefficient (Wildman–Crippen LogP) is 5.37. The number of rotatable bonds is 7. The van der Waals surface area contributed by atoms with Crippen molar-refractivity contribution < 1.29 is 9.53 Å². The second kappa shape index (κ2) is 9.57. The summed E-state index contributed by atoms with van der Waals surface area (Å²) in [5, 5.41) is 11.9. The summed E-state index contributed by atoms with van der Waals surface area (Å²) in [6.45, 7) is 4.12. The third-order valence-electron chi connectivity index (χ3n) is 4.83. The van der Waals surface area contributed by atoms with Gasteiger partial charge in [0.15, 0.2) is 6.61 Å². The highest BCUT2D eigenvalue weighted by Crippen LogP contribution is 2.24. The van der Waals surface area contributed by atoms with Crippen molar-refractivity contribution in [1.29, 1.82) is 5.26 Å². The monoisotopic (exact) mass is 384 g/mol. The number of hydrogen-bond donors (Lipinski definition) is 1. The van der Waals surface area contributed by atoms with Crippen LogP contribution in [0, 0.1) is 11.3 Å². The summed E-state index contributed by atoms with van der Waals surface area (Å²) in [6.07, 6.45) is 1.72. The fourth-order valence-corrected chi connectivity index (χ4v) is 3.21. The number of nitriles is 1. The highest BCUT2D eigenvalue weighted by Gasteiger charge is 2.10. The molecule has 0 unspecified atom stereocenters. The number of nitrogens with zero attached hydrogens (tertiary/aromatic N) is 1. The van der Waals surface area contributed by atoms with Gasteiger partial charge in [-0.2, -0.15) is 5.26 Å². The molecule has 0 heterocycles. The summed E-state index contributed by atoms with van der Waals surface area (Å²) < 4.78 is 5.66. The standard InChI is InChI=1S/C25H24N2O2/c1-3-19-6-5-7-20(4-2)25(19)27-24(28)17-29-23-14-12-22(13-15-23)21-10-8-18(16-26)9-11-21/h5-15H,3-4,17H2,1-2H3,(H,27,28). The van der Waals surface area contributed by atoms with Crippen LogP contribution in [0.3, 0.4) is 0 Å². The van der Waals surface area contributed by atoms with E-state index in [0.29, 0.717) is 11.3 Å². The quantitative estimate of drug-likeness (QED) is 0.596. The minimum absolute atomic E-state index is 0.0442. The lowest BCUT2D eigenvalue weighted by Crippen LogP contribution is -2.21. The molecule has 0 aliphatic rings. The smallest absolute Gasteiger partial charge is 0.262 e. The molecule has 0 bridgehead atoms. The van der Waals surface area contributed by atoms with E-state index in [9.17, 15) is 4.79 Å². The molecule has 29 heavy (non-hydrogen) atoms. The number of amides is 1. The second-order valence-electron chi connectivity index (χ2n) is 6.71.